The zero-order valence-corrected chi connectivity index (χ0v) is 17.5. The average molecular weight is 473 g/mol. The van der Waals surface area contributed by atoms with Gasteiger partial charge in [0.15, 0.2) is 0 Å². The highest BCUT2D eigenvalue weighted by atomic mass is 19.4. The number of imide groups is 1. The maximum absolute atomic E-state index is 13.6. The maximum Gasteiger partial charge on any atom is 0.458 e. The number of aryl methyl sites for hydroxylation is 1. The molecule has 0 spiro atoms. The molecule has 3 rings (SSSR count). The van der Waals surface area contributed by atoms with Crippen molar-refractivity contribution in [2.45, 2.75) is 37.5 Å². The second kappa shape index (κ2) is 9.34. The topological polar surface area (TPSA) is 73.9 Å². The first-order valence-electron chi connectivity index (χ1n) is 9.76. The monoisotopic (exact) mass is 473 g/mol. The number of rotatable bonds is 7. The van der Waals surface area contributed by atoms with Crippen LogP contribution >= 0.6 is 0 Å². The number of carbonyl (C=O) groups is 2. The Morgan fingerprint density at radius 2 is 1.91 bits per heavy atom. The summed E-state index contributed by atoms with van der Waals surface area (Å²) in [5.74, 6) is -5.26. The SMILES string of the molecule is COC(C(=O)NC=O)[C@@H]1CCOc2cc(Oc3ccc(C(F)(F)C(F)(F)F)cc3C)ccc21. The fourth-order valence-corrected chi connectivity index (χ4v) is 3.62. The van der Waals surface area contributed by atoms with Crippen molar-refractivity contribution in [2.75, 3.05) is 13.7 Å². The third kappa shape index (κ3) is 4.92. The van der Waals surface area contributed by atoms with Gasteiger partial charge in [-0.25, -0.2) is 0 Å². The molecule has 2 aromatic carbocycles. The van der Waals surface area contributed by atoms with Gasteiger partial charge in [0.05, 0.1) is 6.61 Å². The van der Waals surface area contributed by atoms with Crippen molar-refractivity contribution in [1.82, 2.24) is 5.32 Å². The van der Waals surface area contributed by atoms with Crippen LogP contribution in [0.15, 0.2) is 36.4 Å². The second-order valence-electron chi connectivity index (χ2n) is 7.38. The van der Waals surface area contributed by atoms with Gasteiger partial charge in [-0.1, -0.05) is 6.07 Å². The third-order valence-electron chi connectivity index (χ3n) is 5.27. The zero-order valence-electron chi connectivity index (χ0n) is 17.5. The molecule has 0 radical (unpaired) electrons. The molecule has 0 bridgehead atoms. The van der Waals surface area contributed by atoms with Gasteiger partial charge in [0.2, 0.25) is 6.41 Å². The Kier molecular flexibility index (Phi) is 6.92. The number of hydrogen-bond donors (Lipinski definition) is 1. The average Bonchev–Trinajstić information content (AvgIpc) is 2.75. The summed E-state index contributed by atoms with van der Waals surface area (Å²) in [5.41, 5.74) is -0.466. The number of ether oxygens (including phenoxy) is 3. The van der Waals surface area contributed by atoms with Crippen LogP contribution < -0.4 is 14.8 Å². The number of alkyl halides is 5. The van der Waals surface area contributed by atoms with Crippen LogP contribution in [0.25, 0.3) is 0 Å². The molecule has 0 fully saturated rings. The van der Waals surface area contributed by atoms with Crippen LogP contribution in [-0.4, -0.2) is 38.3 Å². The van der Waals surface area contributed by atoms with Crippen molar-refractivity contribution in [3.05, 3.63) is 53.1 Å². The second-order valence-corrected chi connectivity index (χ2v) is 7.38. The minimum atomic E-state index is -5.71. The molecule has 6 nitrogen and oxygen atoms in total. The van der Waals surface area contributed by atoms with Crippen LogP contribution in [-0.2, 0) is 20.2 Å². The summed E-state index contributed by atoms with van der Waals surface area (Å²) in [6.45, 7) is 1.61. The van der Waals surface area contributed by atoms with E-state index in [0.29, 0.717) is 23.8 Å². The fourth-order valence-electron chi connectivity index (χ4n) is 3.62. The summed E-state index contributed by atoms with van der Waals surface area (Å²) in [7, 11) is 1.34. The van der Waals surface area contributed by atoms with E-state index in [9.17, 15) is 31.5 Å². The van der Waals surface area contributed by atoms with Gasteiger partial charge < -0.3 is 14.2 Å². The van der Waals surface area contributed by atoms with Crippen molar-refractivity contribution in [3.8, 4) is 17.2 Å². The lowest BCUT2D eigenvalue weighted by atomic mass is 9.87. The van der Waals surface area contributed by atoms with Crippen molar-refractivity contribution >= 4 is 12.3 Å². The van der Waals surface area contributed by atoms with Crippen molar-refractivity contribution in [3.63, 3.8) is 0 Å². The first kappa shape index (κ1) is 24.4. The van der Waals surface area contributed by atoms with Gasteiger partial charge in [-0.05, 0) is 43.2 Å². The summed E-state index contributed by atoms with van der Waals surface area (Å²) >= 11 is 0. The molecule has 1 aliphatic heterocycles. The molecule has 0 saturated carbocycles. The Bertz CT molecular complexity index is 1040. The summed E-state index contributed by atoms with van der Waals surface area (Å²) in [6.07, 6.45) is -5.93. The standard InChI is InChI=1S/C22H20F5NO5/c1-12-9-13(21(23,24)22(25,26)27)3-6-17(12)33-14-4-5-15-16(7-8-32-18(15)10-14)19(31-2)20(30)28-11-29/h3-6,9-11,16,19H,7-8H2,1-2H3,(H,28,29,30)/t16-,19?/m1/s1. The van der Waals surface area contributed by atoms with Crippen LogP contribution in [0.4, 0.5) is 22.0 Å². The van der Waals surface area contributed by atoms with Crippen molar-refractivity contribution in [1.29, 1.82) is 0 Å². The maximum atomic E-state index is 13.6. The molecule has 2 amide bonds. The molecule has 178 valence electrons. The molecule has 0 aliphatic carbocycles. The van der Waals surface area contributed by atoms with Crippen LogP contribution in [0.2, 0.25) is 0 Å². The summed E-state index contributed by atoms with van der Waals surface area (Å²) in [4.78, 5) is 22.7. The number of fused-ring (bicyclic) bond motifs is 1. The molecule has 0 saturated heterocycles. The molecule has 2 aromatic rings. The van der Waals surface area contributed by atoms with E-state index < -0.39 is 35.6 Å². The minimum Gasteiger partial charge on any atom is -0.493 e. The molecular weight excluding hydrogens is 453 g/mol. The van der Waals surface area contributed by atoms with E-state index >= 15 is 0 Å². The molecular formula is C22H20F5NO5. The predicted octanol–water partition coefficient (Wildman–Crippen LogP) is 4.60. The van der Waals surface area contributed by atoms with Gasteiger partial charge in [-0.2, -0.15) is 22.0 Å². The number of halogens is 5. The first-order chi connectivity index (χ1) is 15.5. The van der Waals surface area contributed by atoms with E-state index in [4.69, 9.17) is 14.2 Å². The number of benzene rings is 2. The Hall–Kier alpha value is -3.21. The minimum absolute atomic E-state index is 0.0814. The van der Waals surface area contributed by atoms with E-state index in [2.05, 4.69) is 5.32 Å². The number of nitrogens with one attached hydrogen (secondary N) is 1. The van der Waals surface area contributed by atoms with Crippen LogP contribution in [0.5, 0.6) is 17.2 Å². The van der Waals surface area contributed by atoms with E-state index in [1.54, 1.807) is 12.1 Å². The van der Waals surface area contributed by atoms with Crippen LogP contribution in [0.1, 0.15) is 29.0 Å². The molecule has 2 atom stereocenters. The Balaban J connectivity index is 1.84. The number of methoxy groups -OCH3 is 1. The molecule has 11 heteroatoms. The van der Waals surface area contributed by atoms with E-state index in [1.165, 1.54) is 20.1 Å². The summed E-state index contributed by atoms with van der Waals surface area (Å²) < 4.78 is 81.6. The molecule has 1 unspecified atom stereocenters. The van der Waals surface area contributed by atoms with E-state index in [-0.39, 0.29) is 30.1 Å². The fraction of sp³-hybridized carbons (Fsp3) is 0.364. The molecule has 1 N–H and O–H groups in total. The van der Waals surface area contributed by atoms with Gasteiger partial charge in [-0.15, -0.1) is 0 Å². The number of amides is 2. The Labute approximate surface area is 185 Å². The Morgan fingerprint density at radius 3 is 2.52 bits per heavy atom. The molecule has 1 heterocycles. The number of hydrogen-bond acceptors (Lipinski definition) is 5. The smallest absolute Gasteiger partial charge is 0.458 e. The van der Waals surface area contributed by atoms with Gasteiger partial charge in [0, 0.05) is 30.2 Å². The normalized spacial score (nSPS) is 16.9. The van der Waals surface area contributed by atoms with Crippen molar-refractivity contribution < 1.29 is 45.8 Å². The van der Waals surface area contributed by atoms with Gasteiger partial charge >= 0.3 is 12.1 Å². The summed E-state index contributed by atoms with van der Waals surface area (Å²) in [5, 5.41) is 2.07. The first-order valence-corrected chi connectivity index (χ1v) is 9.76. The summed E-state index contributed by atoms with van der Waals surface area (Å²) in [6, 6.07) is 7.12. The Morgan fingerprint density at radius 1 is 1.18 bits per heavy atom. The largest absolute Gasteiger partial charge is 0.493 e. The molecule has 33 heavy (non-hydrogen) atoms. The lowest BCUT2D eigenvalue weighted by Crippen LogP contribution is -2.40. The van der Waals surface area contributed by atoms with Gasteiger partial charge in [0.25, 0.3) is 5.91 Å². The molecule has 1 aliphatic rings. The highest BCUT2D eigenvalue weighted by molar-refractivity contribution is 5.90. The third-order valence-corrected chi connectivity index (χ3v) is 5.27. The molecule has 0 aromatic heterocycles. The highest BCUT2D eigenvalue weighted by Gasteiger charge is 2.58. The lowest BCUT2D eigenvalue weighted by Gasteiger charge is -2.30. The lowest BCUT2D eigenvalue weighted by molar-refractivity contribution is -0.289. The highest BCUT2D eigenvalue weighted by Crippen LogP contribution is 2.45. The van der Waals surface area contributed by atoms with Crippen LogP contribution in [0.3, 0.4) is 0 Å². The van der Waals surface area contributed by atoms with Gasteiger partial charge in [-0.3, -0.25) is 14.9 Å². The predicted molar refractivity (Wildman–Crippen MR) is 106 cm³/mol. The van der Waals surface area contributed by atoms with E-state index in [1.807, 2.05) is 0 Å². The van der Waals surface area contributed by atoms with Crippen LogP contribution in [0, 0.1) is 6.92 Å². The van der Waals surface area contributed by atoms with Gasteiger partial charge in [0.1, 0.15) is 23.4 Å². The van der Waals surface area contributed by atoms with Crippen molar-refractivity contribution in [2.24, 2.45) is 0 Å². The zero-order chi connectivity index (χ0) is 24.4. The number of carbonyl (C=O) groups excluding carboxylic acids is 2. The quantitative estimate of drug-likeness (QED) is 0.470. The van der Waals surface area contributed by atoms with E-state index in [0.717, 1.165) is 12.1 Å².